The molecule has 0 amide bonds. The summed E-state index contributed by atoms with van der Waals surface area (Å²) in [7, 11) is 0. The SMILES string of the molecule is CCN1CC2CC2(c2ccc(C)c(F)c2)C1.Cl. The van der Waals surface area contributed by atoms with Gasteiger partial charge in [0.2, 0.25) is 0 Å². The lowest BCUT2D eigenvalue weighted by molar-refractivity contribution is 0.314. The number of hydrogen-bond acceptors (Lipinski definition) is 1. The number of halogens is 2. The minimum atomic E-state index is -0.0486. The molecule has 2 unspecified atom stereocenters. The Morgan fingerprint density at radius 3 is 2.82 bits per heavy atom. The van der Waals surface area contributed by atoms with Crippen LogP contribution in [0.1, 0.15) is 24.5 Å². The second-order valence-corrected chi connectivity index (χ2v) is 5.35. The van der Waals surface area contributed by atoms with Crippen LogP contribution in [-0.2, 0) is 5.41 Å². The molecule has 94 valence electrons. The van der Waals surface area contributed by atoms with Gasteiger partial charge < -0.3 is 4.90 Å². The van der Waals surface area contributed by atoms with Gasteiger partial charge in [0.05, 0.1) is 0 Å². The van der Waals surface area contributed by atoms with Crippen molar-refractivity contribution < 1.29 is 4.39 Å². The number of benzene rings is 1. The monoisotopic (exact) mass is 255 g/mol. The first-order chi connectivity index (χ1) is 7.65. The van der Waals surface area contributed by atoms with Gasteiger partial charge in [-0.1, -0.05) is 19.1 Å². The number of rotatable bonds is 2. The fraction of sp³-hybridized carbons (Fsp3) is 0.571. The van der Waals surface area contributed by atoms with E-state index in [2.05, 4.69) is 17.9 Å². The molecule has 17 heavy (non-hydrogen) atoms. The smallest absolute Gasteiger partial charge is 0.126 e. The zero-order valence-corrected chi connectivity index (χ0v) is 11.2. The average Bonchev–Trinajstić information content (AvgIpc) is 2.86. The van der Waals surface area contributed by atoms with Crippen molar-refractivity contribution in [2.75, 3.05) is 19.6 Å². The number of piperidine rings is 1. The molecule has 3 rings (SSSR count). The number of fused-ring (bicyclic) bond motifs is 1. The Hall–Kier alpha value is -0.600. The third-order valence-electron chi connectivity index (χ3n) is 4.41. The Labute approximate surface area is 108 Å². The normalized spacial score (nSPS) is 30.9. The zero-order chi connectivity index (χ0) is 11.3. The minimum absolute atomic E-state index is 0. The largest absolute Gasteiger partial charge is 0.302 e. The Morgan fingerprint density at radius 1 is 1.47 bits per heavy atom. The molecule has 0 radical (unpaired) electrons. The fourth-order valence-corrected chi connectivity index (χ4v) is 3.18. The van der Waals surface area contributed by atoms with Crippen LogP contribution in [0.2, 0.25) is 0 Å². The van der Waals surface area contributed by atoms with Crippen LogP contribution in [0.5, 0.6) is 0 Å². The Morgan fingerprint density at radius 2 is 2.24 bits per heavy atom. The van der Waals surface area contributed by atoms with Crippen molar-refractivity contribution in [2.45, 2.75) is 25.7 Å². The summed E-state index contributed by atoms with van der Waals surface area (Å²) in [5.74, 6) is 0.724. The summed E-state index contributed by atoms with van der Waals surface area (Å²) >= 11 is 0. The van der Waals surface area contributed by atoms with E-state index in [9.17, 15) is 4.39 Å². The minimum Gasteiger partial charge on any atom is -0.302 e. The number of likely N-dealkylation sites (N-methyl/N-ethyl adjacent to an activating group) is 1. The molecule has 0 bridgehead atoms. The summed E-state index contributed by atoms with van der Waals surface area (Å²) in [5, 5.41) is 0. The fourth-order valence-electron chi connectivity index (χ4n) is 3.18. The molecule has 1 saturated carbocycles. The average molecular weight is 256 g/mol. The predicted molar refractivity (Wildman–Crippen MR) is 70.3 cm³/mol. The number of aryl methyl sites for hydroxylation is 1. The summed E-state index contributed by atoms with van der Waals surface area (Å²) < 4.78 is 13.6. The lowest BCUT2D eigenvalue weighted by atomic mass is 9.94. The molecule has 1 nitrogen and oxygen atoms in total. The molecule has 1 aliphatic heterocycles. The van der Waals surface area contributed by atoms with Crippen LogP contribution in [0, 0.1) is 18.7 Å². The van der Waals surface area contributed by atoms with Gasteiger partial charge in [-0.3, -0.25) is 0 Å². The highest BCUT2D eigenvalue weighted by molar-refractivity contribution is 5.85. The lowest BCUT2D eigenvalue weighted by Crippen LogP contribution is -2.26. The maximum atomic E-state index is 13.6. The molecular weight excluding hydrogens is 237 g/mol. The van der Waals surface area contributed by atoms with Crippen molar-refractivity contribution in [2.24, 2.45) is 5.92 Å². The van der Waals surface area contributed by atoms with E-state index in [1.807, 2.05) is 13.0 Å². The van der Waals surface area contributed by atoms with Gasteiger partial charge in [0.1, 0.15) is 5.82 Å². The van der Waals surface area contributed by atoms with Crippen molar-refractivity contribution >= 4 is 12.4 Å². The molecule has 2 fully saturated rings. The van der Waals surface area contributed by atoms with Gasteiger partial charge >= 0.3 is 0 Å². The molecule has 1 saturated heterocycles. The number of likely N-dealkylation sites (tertiary alicyclic amines) is 1. The second-order valence-electron chi connectivity index (χ2n) is 5.35. The second kappa shape index (κ2) is 4.25. The molecule has 0 N–H and O–H groups in total. The third kappa shape index (κ3) is 1.88. The van der Waals surface area contributed by atoms with E-state index in [0.717, 1.165) is 24.6 Å². The molecule has 0 spiro atoms. The standard InChI is InChI=1S/C14H18FN.ClH/c1-3-16-8-12-7-14(12,9-16)11-5-4-10(2)13(15)6-11;/h4-6,12H,3,7-9H2,1-2H3;1H. The van der Waals surface area contributed by atoms with E-state index in [-0.39, 0.29) is 18.2 Å². The van der Waals surface area contributed by atoms with E-state index in [1.165, 1.54) is 18.5 Å². The van der Waals surface area contributed by atoms with Crippen LogP contribution in [0.4, 0.5) is 4.39 Å². The molecule has 2 aliphatic rings. The topological polar surface area (TPSA) is 3.24 Å². The predicted octanol–water partition coefficient (Wildman–Crippen LogP) is 3.15. The van der Waals surface area contributed by atoms with Crippen molar-refractivity contribution in [1.29, 1.82) is 0 Å². The molecule has 2 atom stereocenters. The van der Waals surface area contributed by atoms with Gasteiger partial charge in [-0.05, 0) is 43.0 Å². The summed E-state index contributed by atoms with van der Waals surface area (Å²) in [5.41, 5.74) is 2.27. The van der Waals surface area contributed by atoms with E-state index in [4.69, 9.17) is 0 Å². The van der Waals surface area contributed by atoms with Gasteiger partial charge in [-0.2, -0.15) is 0 Å². The van der Waals surface area contributed by atoms with Gasteiger partial charge in [0.25, 0.3) is 0 Å². The van der Waals surface area contributed by atoms with Crippen LogP contribution in [0.3, 0.4) is 0 Å². The molecule has 3 heteroatoms. The first-order valence-electron chi connectivity index (χ1n) is 6.15. The molecule has 1 heterocycles. The van der Waals surface area contributed by atoms with Gasteiger partial charge in [0.15, 0.2) is 0 Å². The van der Waals surface area contributed by atoms with Gasteiger partial charge in [-0.15, -0.1) is 12.4 Å². The van der Waals surface area contributed by atoms with Crippen LogP contribution in [-0.4, -0.2) is 24.5 Å². The van der Waals surface area contributed by atoms with Crippen LogP contribution >= 0.6 is 12.4 Å². The Bertz CT molecular complexity index is 434. The maximum Gasteiger partial charge on any atom is 0.126 e. The maximum absolute atomic E-state index is 13.6. The summed E-state index contributed by atoms with van der Waals surface area (Å²) in [4.78, 5) is 2.48. The molecule has 0 aromatic heterocycles. The van der Waals surface area contributed by atoms with Crippen molar-refractivity contribution in [3.8, 4) is 0 Å². The van der Waals surface area contributed by atoms with Crippen LogP contribution < -0.4 is 0 Å². The highest BCUT2D eigenvalue weighted by Gasteiger charge is 2.60. The Kier molecular flexibility index (Phi) is 3.21. The third-order valence-corrected chi connectivity index (χ3v) is 4.41. The van der Waals surface area contributed by atoms with Crippen molar-refractivity contribution in [1.82, 2.24) is 4.90 Å². The van der Waals surface area contributed by atoms with Crippen LogP contribution in [0.25, 0.3) is 0 Å². The number of hydrogen-bond donors (Lipinski definition) is 0. The first-order valence-corrected chi connectivity index (χ1v) is 6.15. The zero-order valence-electron chi connectivity index (χ0n) is 10.4. The van der Waals surface area contributed by atoms with Gasteiger partial charge in [0, 0.05) is 18.5 Å². The quantitative estimate of drug-likeness (QED) is 0.785. The highest BCUT2D eigenvalue weighted by atomic mass is 35.5. The van der Waals surface area contributed by atoms with Gasteiger partial charge in [-0.25, -0.2) is 4.39 Å². The first kappa shape index (κ1) is 12.8. The summed E-state index contributed by atoms with van der Waals surface area (Å²) in [6.45, 7) is 7.47. The number of nitrogens with zero attached hydrogens (tertiary/aromatic N) is 1. The van der Waals surface area contributed by atoms with E-state index >= 15 is 0 Å². The summed E-state index contributed by atoms with van der Waals surface area (Å²) in [6.07, 6.45) is 1.26. The molecule has 1 aromatic carbocycles. The van der Waals surface area contributed by atoms with Crippen molar-refractivity contribution in [3.63, 3.8) is 0 Å². The molecule has 1 aliphatic carbocycles. The lowest BCUT2D eigenvalue weighted by Gasteiger charge is -2.19. The summed E-state index contributed by atoms with van der Waals surface area (Å²) in [6, 6.07) is 5.80. The van der Waals surface area contributed by atoms with E-state index in [0.29, 0.717) is 5.41 Å². The van der Waals surface area contributed by atoms with Crippen LogP contribution in [0.15, 0.2) is 18.2 Å². The highest BCUT2D eigenvalue weighted by Crippen LogP contribution is 2.58. The van der Waals surface area contributed by atoms with E-state index in [1.54, 1.807) is 6.07 Å². The molecular formula is C14H19ClFN. The van der Waals surface area contributed by atoms with E-state index < -0.39 is 0 Å². The Balaban J connectivity index is 0.00000108. The molecule has 1 aromatic rings. The van der Waals surface area contributed by atoms with Crippen molar-refractivity contribution in [3.05, 3.63) is 35.1 Å².